The van der Waals surface area contributed by atoms with Gasteiger partial charge in [-0.15, -0.1) is 5.06 Å². The van der Waals surface area contributed by atoms with E-state index in [1.165, 1.54) is 23.8 Å². The van der Waals surface area contributed by atoms with Gasteiger partial charge in [0.1, 0.15) is 11.8 Å². The number of hydrogen-bond donors (Lipinski definition) is 4. The molecule has 2 amide bonds. The first-order chi connectivity index (χ1) is 17.1. The number of H-pyrrole nitrogens is 1. The highest BCUT2D eigenvalue weighted by atomic mass is 16.7. The summed E-state index contributed by atoms with van der Waals surface area (Å²) in [4.78, 5) is 36.5. The molecule has 4 N–H and O–H groups in total. The van der Waals surface area contributed by atoms with Crippen LogP contribution in [-0.4, -0.2) is 58.4 Å². The third kappa shape index (κ3) is 6.26. The lowest BCUT2D eigenvalue weighted by Crippen LogP contribution is -2.39. The average molecular weight is 479 g/mol. The molecule has 4 rings (SSSR count). The molecule has 1 saturated heterocycles. The molecule has 2 heterocycles. The fraction of sp³-hybridized carbons (Fsp3) is 0.440. The van der Waals surface area contributed by atoms with Crippen LogP contribution in [0.2, 0.25) is 0 Å². The number of rotatable bonds is 7. The van der Waals surface area contributed by atoms with E-state index in [0.717, 1.165) is 43.4 Å². The molecular formula is C25H30N6O4. The molecule has 1 aromatic heterocycles. The second kappa shape index (κ2) is 11.6. The van der Waals surface area contributed by atoms with Gasteiger partial charge in [0, 0.05) is 30.9 Å². The van der Waals surface area contributed by atoms with Crippen LogP contribution in [0.15, 0.2) is 30.5 Å². The number of aromatic amines is 1. The quantitative estimate of drug-likeness (QED) is 0.478. The number of amides is 2. The Morgan fingerprint density at radius 2 is 2.11 bits per heavy atom. The predicted molar refractivity (Wildman–Crippen MR) is 129 cm³/mol. The first kappa shape index (κ1) is 24.4. The van der Waals surface area contributed by atoms with Crippen molar-refractivity contribution >= 4 is 23.3 Å². The normalized spacial score (nSPS) is 16.7. The van der Waals surface area contributed by atoms with E-state index >= 15 is 0 Å². The number of imidazole rings is 1. The maximum Gasteiger partial charge on any atom is 0.426 e. The van der Waals surface area contributed by atoms with Crippen molar-refractivity contribution in [2.24, 2.45) is 0 Å². The first-order valence-corrected chi connectivity index (χ1v) is 12.0. The highest BCUT2D eigenvalue weighted by Crippen LogP contribution is 2.36. The van der Waals surface area contributed by atoms with Gasteiger partial charge in [-0.1, -0.05) is 12.1 Å². The van der Waals surface area contributed by atoms with Crippen LogP contribution in [0, 0.1) is 11.3 Å². The summed E-state index contributed by atoms with van der Waals surface area (Å²) in [7, 11) is 0. The lowest BCUT2D eigenvalue weighted by atomic mass is 9.86. The Morgan fingerprint density at radius 3 is 2.80 bits per heavy atom. The van der Waals surface area contributed by atoms with Gasteiger partial charge in [0.15, 0.2) is 5.82 Å². The van der Waals surface area contributed by atoms with Crippen LogP contribution in [0.3, 0.4) is 0 Å². The Morgan fingerprint density at radius 1 is 1.29 bits per heavy atom. The molecule has 0 bridgehead atoms. The minimum atomic E-state index is -0.553. The van der Waals surface area contributed by atoms with Gasteiger partial charge >= 0.3 is 6.09 Å². The van der Waals surface area contributed by atoms with E-state index in [1.54, 1.807) is 5.06 Å². The van der Waals surface area contributed by atoms with Crippen molar-refractivity contribution in [1.29, 1.82) is 5.26 Å². The zero-order chi connectivity index (χ0) is 24.6. The van der Waals surface area contributed by atoms with Crippen molar-refractivity contribution in [2.45, 2.75) is 44.4 Å². The molecule has 1 aliphatic carbocycles. The van der Waals surface area contributed by atoms with Gasteiger partial charge in [0.25, 0.3) is 5.91 Å². The number of anilines is 1. The number of nitrogens with one attached hydrogen (secondary N) is 3. The van der Waals surface area contributed by atoms with Gasteiger partial charge < -0.3 is 25.6 Å². The van der Waals surface area contributed by atoms with Crippen LogP contribution in [0.1, 0.15) is 71.9 Å². The number of hydroxylamine groups is 2. The van der Waals surface area contributed by atoms with Crippen LogP contribution in [0.25, 0.3) is 5.57 Å². The Kier molecular flexibility index (Phi) is 8.13. The molecule has 0 unspecified atom stereocenters. The maximum absolute atomic E-state index is 12.8. The summed E-state index contributed by atoms with van der Waals surface area (Å²) < 4.78 is 0. The van der Waals surface area contributed by atoms with E-state index in [4.69, 9.17) is 15.2 Å². The number of carbonyl (C=O) groups excluding carboxylic acids is 2. The standard InChI is InChI=1S/C25H30N6O4/c26-15-20-16-28-23(29-20)24(33)30-22-7-6-19(14-21(22)18-4-2-1-3-5-18)17-8-11-31(12-9-17)35-25(34)27-10-13-32/h4,6-7,14,16-17,32H,1-3,5,8-13H2,(H,27,34)(H,28,29)(H,30,33). The molecular weight excluding hydrogens is 448 g/mol. The highest BCUT2D eigenvalue weighted by Gasteiger charge is 2.25. The van der Waals surface area contributed by atoms with E-state index in [-0.39, 0.29) is 30.6 Å². The van der Waals surface area contributed by atoms with Gasteiger partial charge in [-0.25, -0.2) is 9.78 Å². The summed E-state index contributed by atoms with van der Waals surface area (Å²) in [5.41, 5.74) is 4.40. The molecule has 35 heavy (non-hydrogen) atoms. The van der Waals surface area contributed by atoms with E-state index in [0.29, 0.717) is 19.0 Å². The molecule has 2 aromatic rings. The number of nitrogens with zero attached hydrogens (tertiary/aromatic N) is 3. The molecule has 2 aliphatic rings. The Hall–Kier alpha value is -3.68. The van der Waals surface area contributed by atoms with Crippen LogP contribution in [0.5, 0.6) is 0 Å². The lowest BCUT2D eigenvalue weighted by Gasteiger charge is -2.31. The van der Waals surface area contributed by atoms with Crippen molar-refractivity contribution in [3.63, 3.8) is 0 Å². The number of aromatic nitrogens is 2. The van der Waals surface area contributed by atoms with Crippen molar-refractivity contribution in [2.75, 3.05) is 31.6 Å². The Labute approximate surface area is 203 Å². The topological polar surface area (TPSA) is 143 Å². The van der Waals surface area contributed by atoms with E-state index < -0.39 is 6.09 Å². The summed E-state index contributed by atoms with van der Waals surface area (Å²) in [5, 5.41) is 24.9. The van der Waals surface area contributed by atoms with Crippen LogP contribution >= 0.6 is 0 Å². The van der Waals surface area contributed by atoms with E-state index in [2.05, 4.69) is 32.7 Å². The highest BCUT2D eigenvalue weighted by molar-refractivity contribution is 6.03. The van der Waals surface area contributed by atoms with Crippen molar-refractivity contribution in [3.05, 3.63) is 53.1 Å². The van der Waals surface area contributed by atoms with Crippen molar-refractivity contribution in [1.82, 2.24) is 20.3 Å². The summed E-state index contributed by atoms with van der Waals surface area (Å²) in [5.74, 6) is 0.0257. The van der Waals surface area contributed by atoms with Gasteiger partial charge in [-0.05, 0) is 67.7 Å². The van der Waals surface area contributed by atoms with Crippen LogP contribution in [-0.2, 0) is 4.84 Å². The minimum Gasteiger partial charge on any atom is -0.395 e. The fourth-order valence-electron chi connectivity index (χ4n) is 4.54. The molecule has 10 nitrogen and oxygen atoms in total. The largest absolute Gasteiger partial charge is 0.426 e. The third-order valence-electron chi connectivity index (χ3n) is 6.36. The van der Waals surface area contributed by atoms with E-state index in [9.17, 15) is 9.59 Å². The SMILES string of the molecule is N#Cc1cnc(C(=O)Nc2ccc(C3CCN(OC(=O)NCCO)CC3)cc2C2=CCCCC2)[nH]1. The zero-order valence-corrected chi connectivity index (χ0v) is 19.5. The summed E-state index contributed by atoms with van der Waals surface area (Å²) in [6.07, 6.45) is 8.96. The molecule has 0 atom stereocenters. The fourth-order valence-corrected chi connectivity index (χ4v) is 4.54. The minimum absolute atomic E-state index is 0.101. The molecule has 184 valence electrons. The number of allylic oxidation sites excluding steroid dienone is 2. The smallest absolute Gasteiger partial charge is 0.395 e. The van der Waals surface area contributed by atoms with Crippen LogP contribution < -0.4 is 10.6 Å². The number of aliphatic hydroxyl groups excluding tert-OH is 1. The first-order valence-electron chi connectivity index (χ1n) is 12.0. The third-order valence-corrected chi connectivity index (χ3v) is 6.36. The zero-order valence-electron chi connectivity index (χ0n) is 19.5. The summed E-state index contributed by atoms with van der Waals surface area (Å²) in [6, 6.07) is 8.10. The predicted octanol–water partition coefficient (Wildman–Crippen LogP) is 3.30. The monoisotopic (exact) mass is 478 g/mol. The summed E-state index contributed by atoms with van der Waals surface area (Å²) >= 11 is 0. The van der Waals surface area contributed by atoms with Gasteiger partial charge in [-0.2, -0.15) is 5.26 Å². The number of hydrogen-bond acceptors (Lipinski definition) is 7. The Balaban J connectivity index is 1.47. The van der Waals surface area contributed by atoms with Crippen LogP contribution in [0.4, 0.5) is 10.5 Å². The summed E-state index contributed by atoms with van der Waals surface area (Å²) in [6.45, 7) is 1.27. The number of benzene rings is 1. The second-order valence-electron chi connectivity index (χ2n) is 8.72. The lowest BCUT2D eigenvalue weighted by molar-refractivity contribution is -0.113. The molecule has 10 heteroatoms. The van der Waals surface area contributed by atoms with Crippen molar-refractivity contribution in [3.8, 4) is 6.07 Å². The molecule has 1 aromatic carbocycles. The number of aliphatic hydroxyl groups is 1. The van der Waals surface area contributed by atoms with Gasteiger partial charge in [-0.3, -0.25) is 4.79 Å². The molecule has 1 aliphatic heterocycles. The molecule has 0 spiro atoms. The van der Waals surface area contributed by atoms with E-state index in [1.807, 2.05) is 18.2 Å². The second-order valence-corrected chi connectivity index (χ2v) is 8.72. The average Bonchev–Trinajstić information content (AvgIpc) is 3.38. The van der Waals surface area contributed by atoms with Crippen molar-refractivity contribution < 1.29 is 19.5 Å². The van der Waals surface area contributed by atoms with Gasteiger partial charge in [0.2, 0.25) is 0 Å². The molecule has 1 fully saturated rings. The number of carbonyl (C=O) groups is 2. The Bertz CT molecular complexity index is 1130. The number of piperidine rings is 1. The molecule has 0 radical (unpaired) electrons. The number of nitriles is 1. The maximum atomic E-state index is 12.8. The van der Waals surface area contributed by atoms with Gasteiger partial charge in [0.05, 0.1) is 12.8 Å². The molecule has 0 saturated carbocycles.